The van der Waals surface area contributed by atoms with Gasteiger partial charge in [-0.25, -0.2) is 4.79 Å². The molecule has 26 heavy (non-hydrogen) atoms. The summed E-state index contributed by atoms with van der Waals surface area (Å²) in [6.07, 6.45) is 2.35. The molecule has 2 aliphatic heterocycles. The molecule has 2 heterocycles. The average molecular weight is 357 g/mol. The number of amides is 4. The zero-order valence-electron chi connectivity index (χ0n) is 15.5. The molecule has 3 atom stereocenters. The smallest absolute Gasteiger partial charge is 0.325 e. The second kappa shape index (κ2) is 7.89. The standard InChI is InChI=1S/C20H27N3O3/c1-14-10-15(2)12-22(11-14)18(24)13-23-19(25)17(21-20(23)26)9-8-16-6-4-3-5-7-16/h3-7,14-15,17H,8-13H2,1-2H3,(H,21,26)/t14-,15+,17-/m0/s1. The lowest BCUT2D eigenvalue weighted by Gasteiger charge is -2.35. The number of hydrogen-bond acceptors (Lipinski definition) is 3. The van der Waals surface area contributed by atoms with Gasteiger partial charge in [0, 0.05) is 13.1 Å². The van der Waals surface area contributed by atoms with E-state index in [4.69, 9.17) is 0 Å². The quantitative estimate of drug-likeness (QED) is 0.820. The van der Waals surface area contributed by atoms with Gasteiger partial charge in [-0.3, -0.25) is 14.5 Å². The van der Waals surface area contributed by atoms with Gasteiger partial charge < -0.3 is 10.2 Å². The van der Waals surface area contributed by atoms with E-state index >= 15 is 0 Å². The van der Waals surface area contributed by atoms with Gasteiger partial charge in [0.1, 0.15) is 12.6 Å². The van der Waals surface area contributed by atoms with E-state index in [1.165, 1.54) is 0 Å². The zero-order chi connectivity index (χ0) is 18.7. The van der Waals surface area contributed by atoms with Crippen LogP contribution in [0, 0.1) is 11.8 Å². The maximum Gasteiger partial charge on any atom is 0.325 e. The van der Waals surface area contributed by atoms with Gasteiger partial charge in [0.05, 0.1) is 0 Å². The van der Waals surface area contributed by atoms with Crippen molar-refractivity contribution >= 4 is 17.8 Å². The molecule has 0 saturated carbocycles. The predicted molar refractivity (Wildman–Crippen MR) is 98.3 cm³/mol. The summed E-state index contributed by atoms with van der Waals surface area (Å²) in [7, 11) is 0. The van der Waals surface area contributed by atoms with Gasteiger partial charge in [-0.05, 0) is 36.7 Å². The number of carbonyl (C=O) groups excluding carboxylic acids is 3. The number of benzene rings is 1. The van der Waals surface area contributed by atoms with Crippen molar-refractivity contribution in [2.24, 2.45) is 11.8 Å². The molecule has 0 aromatic heterocycles. The molecule has 2 aliphatic rings. The highest BCUT2D eigenvalue weighted by atomic mass is 16.2. The van der Waals surface area contributed by atoms with Crippen molar-refractivity contribution < 1.29 is 14.4 Å². The summed E-state index contributed by atoms with van der Waals surface area (Å²) in [5.41, 5.74) is 1.13. The normalized spacial score (nSPS) is 26.2. The summed E-state index contributed by atoms with van der Waals surface area (Å²) < 4.78 is 0. The van der Waals surface area contributed by atoms with Crippen molar-refractivity contribution in [3.63, 3.8) is 0 Å². The van der Waals surface area contributed by atoms with Crippen LogP contribution in [-0.4, -0.2) is 53.3 Å². The number of hydrogen-bond donors (Lipinski definition) is 1. The van der Waals surface area contributed by atoms with Crippen molar-refractivity contribution in [1.29, 1.82) is 0 Å². The molecule has 1 N–H and O–H groups in total. The summed E-state index contributed by atoms with van der Waals surface area (Å²) >= 11 is 0. The minimum absolute atomic E-state index is 0.143. The van der Waals surface area contributed by atoms with E-state index < -0.39 is 12.1 Å². The van der Waals surface area contributed by atoms with E-state index in [1.807, 2.05) is 30.3 Å². The summed E-state index contributed by atoms with van der Waals surface area (Å²) in [4.78, 5) is 40.2. The third-order valence-electron chi connectivity index (χ3n) is 5.19. The van der Waals surface area contributed by atoms with Crippen LogP contribution >= 0.6 is 0 Å². The van der Waals surface area contributed by atoms with Crippen LogP contribution in [0.5, 0.6) is 0 Å². The van der Waals surface area contributed by atoms with E-state index in [0.29, 0.717) is 37.8 Å². The van der Waals surface area contributed by atoms with E-state index in [1.54, 1.807) is 4.90 Å². The molecule has 4 amide bonds. The topological polar surface area (TPSA) is 69.7 Å². The van der Waals surface area contributed by atoms with Gasteiger partial charge in [0.15, 0.2) is 0 Å². The van der Waals surface area contributed by atoms with Crippen LogP contribution in [0.1, 0.15) is 32.3 Å². The van der Waals surface area contributed by atoms with Crippen molar-refractivity contribution in [2.45, 2.75) is 39.2 Å². The van der Waals surface area contributed by atoms with Crippen LogP contribution < -0.4 is 5.32 Å². The highest BCUT2D eigenvalue weighted by Gasteiger charge is 2.39. The van der Waals surface area contributed by atoms with E-state index in [9.17, 15) is 14.4 Å². The Kier molecular flexibility index (Phi) is 5.59. The molecule has 6 heteroatoms. The highest BCUT2D eigenvalue weighted by Crippen LogP contribution is 2.21. The van der Waals surface area contributed by atoms with Crippen molar-refractivity contribution in [3.05, 3.63) is 35.9 Å². The summed E-state index contributed by atoms with van der Waals surface area (Å²) in [5, 5.41) is 2.72. The van der Waals surface area contributed by atoms with Crippen LogP contribution in [-0.2, 0) is 16.0 Å². The molecule has 0 unspecified atom stereocenters. The fraction of sp³-hybridized carbons (Fsp3) is 0.550. The van der Waals surface area contributed by atoms with E-state index in [-0.39, 0.29) is 18.4 Å². The SMILES string of the molecule is C[C@@H]1C[C@H](C)CN(C(=O)CN2C(=O)N[C@@H](CCc3ccccc3)C2=O)C1. The largest absolute Gasteiger partial charge is 0.341 e. The molecule has 0 spiro atoms. The van der Waals surface area contributed by atoms with Crippen LogP contribution in [0.3, 0.4) is 0 Å². The molecule has 140 valence electrons. The molecule has 1 aromatic carbocycles. The highest BCUT2D eigenvalue weighted by molar-refractivity contribution is 6.06. The summed E-state index contributed by atoms with van der Waals surface area (Å²) in [5.74, 6) is 0.460. The van der Waals surface area contributed by atoms with Gasteiger partial charge in [0.2, 0.25) is 5.91 Å². The maximum absolute atomic E-state index is 12.6. The number of likely N-dealkylation sites (tertiary alicyclic amines) is 1. The number of nitrogens with zero attached hydrogens (tertiary/aromatic N) is 2. The molecular weight excluding hydrogens is 330 g/mol. The zero-order valence-corrected chi connectivity index (χ0v) is 15.5. The molecule has 0 bridgehead atoms. The van der Waals surface area contributed by atoms with Gasteiger partial charge in [-0.2, -0.15) is 0 Å². The molecule has 2 saturated heterocycles. The maximum atomic E-state index is 12.6. The number of piperidine rings is 1. The Morgan fingerprint density at radius 2 is 1.77 bits per heavy atom. The van der Waals surface area contributed by atoms with Crippen molar-refractivity contribution in [2.75, 3.05) is 19.6 Å². The first-order chi connectivity index (χ1) is 12.4. The lowest BCUT2D eigenvalue weighted by atomic mass is 9.92. The Labute approximate surface area is 154 Å². The minimum Gasteiger partial charge on any atom is -0.341 e. The number of carbonyl (C=O) groups is 3. The molecule has 0 radical (unpaired) electrons. The van der Waals surface area contributed by atoms with Crippen LogP contribution in [0.4, 0.5) is 4.79 Å². The Morgan fingerprint density at radius 1 is 1.12 bits per heavy atom. The Bertz CT molecular complexity index is 666. The predicted octanol–water partition coefficient (Wildman–Crippen LogP) is 2.04. The van der Waals surface area contributed by atoms with E-state index in [0.717, 1.165) is 16.9 Å². The molecule has 6 nitrogen and oxygen atoms in total. The first-order valence-electron chi connectivity index (χ1n) is 9.37. The molecule has 1 aromatic rings. The molecule has 2 fully saturated rings. The fourth-order valence-electron chi connectivity index (χ4n) is 3.98. The van der Waals surface area contributed by atoms with Crippen molar-refractivity contribution in [3.8, 4) is 0 Å². The van der Waals surface area contributed by atoms with Crippen LogP contribution in [0.25, 0.3) is 0 Å². The number of nitrogens with one attached hydrogen (secondary N) is 1. The lowest BCUT2D eigenvalue weighted by Crippen LogP contribution is -2.48. The third kappa shape index (κ3) is 4.23. The fourth-order valence-corrected chi connectivity index (χ4v) is 3.98. The molecular formula is C20H27N3O3. The lowest BCUT2D eigenvalue weighted by molar-refractivity contribution is -0.139. The molecule has 0 aliphatic carbocycles. The molecule has 3 rings (SSSR count). The van der Waals surface area contributed by atoms with Crippen molar-refractivity contribution in [1.82, 2.24) is 15.1 Å². The first kappa shape index (κ1) is 18.4. The van der Waals surface area contributed by atoms with Gasteiger partial charge >= 0.3 is 6.03 Å². The van der Waals surface area contributed by atoms with Gasteiger partial charge in [0.25, 0.3) is 5.91 Å². The summed E-state index contributed by atoms with van der Waals surface area (Å²) in [6, 6.07) is 8.85. The Hall–Kier alpha value is -2.37. The second-order valence-corrected chi connectivity index (χ2v) is 7.70. The van der Waals surface area contributed by atoms with E-state index in [2.05, 4.69) is 19.2 Å². The average Bonchev–Trinajstić information content (AvgIpc) is 2.87. The number of imide groups is 1. The Morgan fingerprint density at radius 3 is 2.42 bits per heavy atom. The third-order valence-corrected chi connectivity index (χ3v) is 5.19. The first-order valence-corrected chi connectivity index (χ1v) is 9.37. The van der Waals surface area contributed by atoms with Gasteiger partial charge in [-0.1, -0.05) is 44.2 Å². The number of urea groups is 1. The van der Waals surface area contributed by atoms with Crippen LogP contribution in [0.2, 0.25) is 0 Å². The van der Waals surface area contributed by atoms with Crippen LogP contribution in [0.15, 0.2) is 30.3 Å². The summed E-state index contributed by atoms with van der Waals surface area (Å²) in [6.45, 7) is 5.49. The second-order valence-electron chi connectivity index (χ2n) is 7.70. The minimum atomic E-state index is -0.547. The number of rotatable bonds is 5. The van der Waals surface area contributed by atoms with Gasteiger partial charge in [-0.15, -0.1) is 0 Å². The monoisotopic (exact) mass is 357 g/mol. The number of aryl methyl sites for hydroxylation is 1. The Balaban J connectivity index is 1.56.